The number of pyridine rings is 1. The quantitative estimate of drug-likeness (QED) is 0.822. The molecule has 3 nitrogen and oxygen atoms in total. The summed E-state index contributed by atoms with van der Waals surface area (Å²) in [5, 5.41) is 8.72. The Labute approximate surface area is 119 Å². The Morgan fingerprint density at radius 1 is 1.15 bits per heavy atom. The second-order valence-corrected chi connectivity index (χ2v) is 5.36. The third-order valence-corrected chi connectivity index (χ3v) is 3.61. The summed E-state index contributed by atoms with van der Waals surface area (Å²) >= 11 is 0. The van der Waals surface area contributed by atoms with Crippen LogP contribution in [0, 0.1) is 11.3 Å². The molecule has 0 aliphatic heterocycles. The smallest absolute Gasteiger partial charge is 0.219 e. The molecular formula is C17H18N2O. The number of hydrogen-bond donors (Lipinski definition) is 0. The predicted octanol–water partition coefficient (Wildman–Crippen LogP) is 4.43. The van der Waals surface area contributed by atoms with E-state index in [0.29, 0.717) is 11.4 Å². The fourth-order valence-corrected chi connectivity index (χ4v) is 1.81. The summed E-state index contributed by atoms with van der Waals surface area (Å²) in [5.74, 6) is 1.24. The average molecular weight is 266 g/mol. The summed E-state index contributed by atoms with van der Waals surface area (Å²) in [6.45, 7) is 6.64. The highest BCUT2D eigenvalue weighted by Gasteiger charge is 2.17. The highest BCUT2D eigenvalue weighted by atomic mass is 16.5. The molecule has 1 aromatic carbocycles. The van der Waals surface area contributed by atoms with Crippen molar-refractivity contribution in [3.05, 3.63) is 53.7 Å². The first-order valence-electron chi connectivity index (χ1n) is 6.70. The number of benzene rings is 1. The molecule has 0 aliphatic rings. The molecule has 0 amide bonds. The number of aromatic nitrogens is 1. The van der Waals surface area contributed by atoms with Crippen LogP contribution >= 0.6 is 0 Å². The van der Waals surface area contributed by atoms with E-state index in [2.05, 4.69) is 37.9 Å². The molecule has 1 heterocycles. The first-order chi connectivity index (χ1) is 9.55. The molecule has 0 radical (unpaired) electrons. The molecule has 0 saturated heterocycles. The summed E-state index contributed by atoms with van der Waals surface area (Å²) < 4.78 is 5.66. The molecule has 0 N–H and O–H groups in total. The van der Waals surface area contributed by atoms with Gasteiger partial charge in [-0.25, -0.2) is 4.98 Å². The van der Waals surface area contributed by atoms with Crippen LogP contribution in [0.4, 0.5) is 0 Å². The van der Waals surface area contributed by atoms with Gasteiger partial charge in [-0.3, -0.25) is 0 Å². The van der Waals surface area contributed by atoms with E-state index in [0.717, 1.165) is 12.2 Å². The zero-order valence-electron chi connectivity index (χ0n) is 12.1. The lowest BCUT2D eigenvalue weighted by Crippen LogP contribution is -2.14. The summed E-state index contributed by atoms with van der Waals surface area (Å²) in [5.41, 5.74) is 1.99. The lowest BCUT2D eigenvalue weighted by molar-refractivity contribution is 0.460. The third kappa shape index (κ3) is 3.16. The van der Waals surface area contributed by atoms with E-state index >= 15 is 0 Å². The molecule has 0 bridgehead atoms. The molecule has 2 rings (SSSR count). The van der Waals surface area contributed by atoms with Gasteiger partial charge >= 0.3 is 0 Å². The van der Waals surface area contributed by atoms with E-state index in [1.807, 2.05) is 18.2 Å². The monoisotopic (exact) mass is 266 g/mol. The molecule has 0 spiro atoms. The van der Waals surface area contributed by atoms with Crippen molar-refractivity contribution in [1.82, 2.24) is 4.98 Å². The summed E-state index contributed by atoms with van der Waals surface area (Å²) in [7, 11) is 0. The fourth-order valence-electron chi connectivity index (χ4n) is 1.81. The molecular weight excluding hydrogens is 248 g/mol. The van der Waals surface area contributed by atoms with Gasteiger partial charge in [-0.15, -0.1) is 0 Å². The van der Waals surface area contributed by atoms with Crippen molar-refractivity contribution in [2.24, 2.45) is 0 Å². The van der Waals surface area contributed by atoms with E-state index in [4.69, 9.17) is 10.00 Å². The zero-order valence-corrected chi connectivity index (χ0v) is 12.1. The van der Waals surface area contributed by atoms with Crippen LogP contribution in [0.15, 0.2) is 42.6 Å². The highest BCUT2D eigenvalue weighted by molar-refractivity contribution is 5.35. The largest absolute Gasteiger partial charge is 0.439 e. The lowest BCUT2D eigenvalue weighted by atomic mass is 9.82. The summed E-state index contributed by atoms with van der Waals surface area (Å²) in [4.78, 5) is 4.09. The van der Waals surface area contributed by atoms with Crippen LogP contribution in [0.2, 0.25) is 0 Å². The molecule has 2 aromatic rings. The highest BCUT2D eigenvalue weighted by Crippen LogP contribution is 2.29. The molecule has 3 heteroatoms. The zero-order chi connectivity index (χ0) is 14.6. The normalized spacial score (nSPS) is 10.9. The van der Waals surface area contributed by atoms with E-state index in [1.165, 1.54) is 11.8 Å². The number of hydrogen-bond acceptors (Lipinski definition) is 3. The third-order valence-electron chi connectivity index (χ3n) is 3.61. The Morgan fingerprint density at radius 3 is 2.35 bits per heavy atom. The van der Waals surface area contributed by atoms with Crippen LogP contribution in [-0.2, 0) is 5.41 Å². The molecule has 102 valence electrons. The van der Waals surface area contributed by atoms with E-state index < -0.39 is 0 Å². The minimum absolute atomic E-state index is 0.172. The van der Waals surface area contributed by atoms with Gasteiger partial charge in [-0.1, -0.05) is 32.9 Å². The van der Waals surface area contributed by atoms with E-state index in [-0.39, 0.29) is 5.41 Å². The second kappa shape index (κ2) is 5.75. The minimum Gasteiger partial charge on any atom is -0.439 e. The van der Waals surface area contributed by atoms with Crippen LogP contribution in [0.1, 0.15) is 38.3 Å². The molecule has 0 saturated carbocycles. The fraction of sp³-hybridized carbons (Fsp3) is 0.294. The van der Waals surface area contributed by atoms with Crippen molar-refractivity contribution in [3.8, 4) is 17.7 Å². The van der Waals surface area contributed by atoms with Crippen LogP contribution < -0.4 is 4.74 Å². The van der Waals surface area contributed by atoms with Crippen LogP contribution in [-0.4, -0.2) is 4.98 Å². The second-order valence-electron chi connectivity index (χ2n) is 5.36. The molecule has 0 fully saturated rings. The molecule has 1 aromatic heterocycles. The molecule has 0 aliphatic carbocycles. The summed E-state index contributed by atoms with van der Waals surface area (Å²) in [6.07, 6.45) is 2.59. The van der Waals surface area contributed by atoms with Gasteiger partial charge in [0.05, 0.1) is 5.56 Å². The lowest BCUT2D eigenvalue weighted by Gasteiger charge is -2.23. The van der Waals surface area contributed by atoms with Crippen molar-refractivity contribution in [1.29, 1.82) is 5.26 Å². The maximum absolute atomic E-state index is 8.72. The Balaban J connectivity index is 2.12. The Bertz CT molecular complexity index is 607. The van der Waals surface area contributed by atoms with Crippen LogP contribution in [0.25, 0.3) is 0 Å². The van der Waals surface area contributed by atoms with Gasteiger partial charge in [0.2, 0.25) is 5.88 Å². The Hall–Kier alpha value is -2.34. The SMILES string of the molecule is CCC(C)(C)c1ccc(Oc2ccc(C#N)cn2)cc1. The van der Waals surface area contributed by atoms with Gasteiger partial charge in [0.1, 0.15) is 11.8 Å². The van der Waals surface area contributed by atoms with Crippen molar-refractivity contribution < 1.29 is 4.74 Å². The first-order valence-corrected chi connectivity index (χ1v) is 6.70. The number of nitriles is 1. The summed E-state index contributed by atoms with van der Waals surface area (Å²) in [6, 6.07) is 13.5. The average Bonchev–Trinajstić information content (AvgIpc) is 2.48. The molecule has 0 atom stereocenters. The number of nitrogens with zero attached hydrogens (tertiary/aromatic N) is 2. The van der Waals surface area contributed by atoms with Gasteiger partial charge in [-0.05, 0) is 35.6 Å². The topological polar surface area (TPSA) is 45.9 Å². The van der Waals surface area contributed by atoms with Crippen molar-refractivity contribution in [2.75, 3.05) is 0 Å². The van der Waals surface area contributed by atoms with E-state index in [1.54, 1.807) is 12.1 Å². The van der Waals surface area contributed by atoms with Crippen LogP contribution in [0.3, 0.4) is 0 Å². The molecule has 0 unspecified atom stereocenters. The molecule has 20 heavy (non-hydrogen) atoms. The van der Waals surface area contributed by atoms with Crippen molar-refractivity contribution in [3.63, 3.8) is 0 Å². The van der Waals surface area contributed by atoms with Crippen molar-refractivity contribution in [2.45, 2.75) is 32.6 Å². The Morgan fingerprint density at radius 2 is 1.85 bits per heavy atom. The van der Waals surface area contributed by atoms with Crippen molar-refractivity contribution >= 4 is 0 Å². The maximum atomic E-state index is 8.72. The maximum Gasteiger partial charge on any atom is 0.219 e. The van der Waals surface area contributed by atoms with Gasteiger partial charge in [0, 0.05) is 12.3 Å². The number of rotatable bonds is 4. The minimum atomic E-state index is 0.172. The van der Waals surface area contributed by atoms with E-state index in [9.17, 15) is 0 Å². The first kappa shape index (κ1) is 14.1. The van der Waals surface area contributed by atoms with Gasteiger partial charge < -0.3 is 4.74 Å². The predicted molar refractivity (Wildman–Crippen MR) is 78.8 cm³/mol. The van der Waals surface area contributed by atoms with Gasteiger partial charge in [-0.2, -0.15) is 5.26 Å². The van der Waals surface area contributed by atoms with Gasteiger partial charge in [0.15, 0.2) is 0 Å². The van der Waals surface area contributed by atoms with Gasteiger partial charge in [0.25, 0.3) is 0 Å². The van der Waals surface area contributed by atoms with Crippen LogP contribution in [0.5, 0.6) is 11.6 Å². The Kier molecular flexibility index (Phi) is 4.05. The standard InChI is InChI=1S/C17H18N2O/c1-4-17(2,3)14-6-8-15(9-7-14)20-16-10-5-13(11-18)12-19-16/h5-10,12H,4H2,1-3H3. The number of ether oxygens (including phenoxy) is 1.